The molecule has 0 bridgehead atoms. The molecule has 98 valence electrons. The van der Waals surface area contributed by atoms with Crippen LogP contribution in [0.4, 0.5) is 0 Å². The molecule has 2 rings (SSSR count). The van der Waals surface area contributed by atoms with Gasteiger partial charge in [0.25, 0.3) is 0 Å². The van der Waals surface area contributed by atoms with Crippen LogP contribution in [0.5, 0.6) is 0 Å². The van der Waals surface area contributed by atoms with Crippen LogP contribution in [0.15, 0.2) is 0 Å². The summed E-state index contributed by atoms with van der Waals surface area (Å²) in [6, 6.07) is 0.425. The third-order valence-corrected chi connectivity index (χ3v) is 4.75. The van der Waals surface area contributed by atoms with Gasteiger partial charge in [-0.2, -0.15) is 0 Å². The van der Waals surface area contributed by atoms with Crippen molar-refractivity contribution in [2.45, 2.75) is 52.0 Å². The summed E-state index contributed by atoms with van der Waals surface area (Å²) >= 11 is 0. The lowest BCUT2D eigenvalue weighted by Gasteiger charge is -2.26. The van der Waals surface area contributed by atoms with E-state index in [-0.39, 0.29) is 11.8 Å². The van der Waals surface area contributed by atoms with Gasteiger partial charge in [-0.3, -0.25) is 4.79 Å². The maximum atomic E-state index is 12.1. The van der Waals surface area contributed by atoms with E-state index in [0.717, 1.165) is 31.8 Å². The van der Waals surface area contributed by atoms with Crippen LogP contribution >= 0.6 is 0 Å². The number of nitrogens with one attached hydrogen (secondary N) is 2. The second-order valence-electron chi connectivity index (χ2n) is 5.76. The number of hydrogen-bond acceptors (Lipinski definition) is 2. The Bertz CT molecular complexity index is 261. The second-order valence-corrected chi connectivity index (χ2v) is 5.76. The van der Waals surface area contributed by atoms with Gasteiger partial charge in [0, 0.05) is 12.6 Å². The Morgan fingerprint density at radius 2 is 2.18 bits per heavy atom. The van der Waals surface area contributed by atoms with E-state index >= 15 is 0 Å². The molecule has 17 heavy (non-hydrogen) atoms. The lowest BCUT2D eigenvalue weighted by molar-refractivity contribution is -0.126. The quantitative estimate of drug-likeness (QED) is 0.789. The summed E-state index contributed by atoms with van der Waals surface area (Å²) in [5.41, 5.74) is 0. The van der Waals surface area contributed by atoms with Gasteiger partial charge in [0.15, 0.2) is 0 Å². The highest BCUT2D eigenvalue weighted by molar-refractivity contribution is 5.79. The Hall–Kier alpha value is -0.570. The van der Waals surface area contributed by atoms with Crippen LogP contribution in [0.2, 0.25) is 0 Å². The van der Waals surface area contributed by atoms with Crippen molar-refractivity contribution in [2.75, 3.05) is 13.1 Å². The monoisotopic (exact) mass is 238 g/mol. The number of amides is 1. The number of carbonyl (C=O) groups excluding carboxylic acids is 1. The highest BCUT2D eigenvalue weighted by Crippen LogP contribution is 2.34. The summed E-state index contributed by atoms with van der Waals surface area (Å²) in [4.78, 5) is 12.1. The Morgan fingerprint density at radius 1 is 1.35 bits per heavy atom. The molecule has 1 saturated carbocycles. The van der Waals surface area contributed by atoms with Crippen molar-refractivity contribution in [3.05, 3.63) is 0 Å². The molecule has 0 aromatic carbocycles. The van der Waals surface area contributed by atoms with Gasteiger partial charge < -0.3 is 10.6 Å². The lowest BCUT2D eigenvalue weighted by Crippen LogP contribution is -2.45. The first-order valence-corrected chi connectivity index (χ1v) is 7.23. The zero-order chi connectivity index (χ0) is 12.3. The fourth-order valence-electron chi connectivity index (χ4n) is 3.40. The van der Waals surface area contributed by atoms with Gasteiger partial charge in [-0.1, -0.05) is 20.3 Å². The number of piperidine rings is 1. The van der Waals surface area contributed by atoms with Crippen molar-refractivity contribution in [1.29, 1.82) is 0 Å². The lowest BCUT2D eigenvalue weighted by atomic mass is 9.92. The number of rotatable bonds is 3. The third kappa shape index (κ3) is 3.01. The zero-order valence-corrected chi connectivity index (χ0v) is 11.2. The van der Waals surface area contributed by atoms with E-state index in [1.54, 1.807) is 0 Å². The van der Waals surface area contributed by atoms with Crippen LogP contribution in [0.1, 0.15) is 46.0 Å². The van der Waals surface area contributed by atoms with Gasteiger partial charge >= 0.3 is 0 Å². The molecule has 2 N–H and O–H groups in total. The first-order valence-electron chi connectivity index (χ1n) is 7.23. The summed E-state index contributed by atoms with van der Waals surface area (Å²) < 4.78 is 0. The minimum atomic E-state index is 0.205. The van der Waals surface area contributed by atoms with E-state index in [0.29, 0.717) is 12.0 Å². The van der Waals surface area contributed by atoms with Gasteiger partial charge in [-0.25, -0.2) is 0 Å². The Morgan fingerprint density at radius 3 is 2.76 bits per heavy atom. The summed E-state index contributed by atoms with van der Waals surface area (Å²) in [6.07, 6.45) is 5.89. The average Bonchev–Trinajstić information content (AvgIpc) is 2.71. The van der Waals surface area contributed by atoms with Crippen LogP contribution in [0, 0.1) is 17.8 Å². The van der Waals surface area contributed by atoms with E-state index in [1.807, 2.05) is 0 Å². The molecule has 0 spiro atoms. The SMILES string of the molecule is CCC1CCC(NC(=O)[C@H]2CCCNC2)C1C. The molecule has 0 aromatic rings. The van der Waals surface area contributed by atoms with Crippen LogP contribution in [-0.4, -0.2) is 25.0 Å². The molecule has 4 atom stereocenters. The Labute approximate surface area is 105 Å². The van der Waals surface area contributed by atoms with Crippen molar-refractivity contribution in [2.24, 2.45) is 17.8 Å². The van der Waals surface area contributed by atoms with Gasteiger partial charge in [0.2, 0.25) is 5.91 Å². The van der Waals surface area contributed by atoms with E-state index < -0.39 is 0 Å². The van der Waals surface area contributed by atoms with Gasteiger partial charge in [0.05, 0.1) is 5.92 Å². The Balaban J connectivity index is 1.82. The topological polar surface area (TPSA) is 41.1 Å². The van der Waals surface area contributed by atoms with Gasteiger partial charge in [0.1, 0.15) is 0 Å². The summed E-state index contributed by atoms with van der Waals surface area (Å²) in [7, 11) is 0. The molecule has 3 nitrogen and oxygen atoms in total. The van der Waals surface area contributed by atoms with Crippen LogP contribution in [-0.2, 0) is 4.79 Å². The van der Waals surface area contributed by atoms with Crippen LogP contribution in [0.25, 0.3) is 0 Å². The third-order valence-electron chi connectivity index (χ3n) is 4.75. The van der Waals surface area contributed by atoms with Crippen molar-refractivity contribution in [3.8, 4) is 0 Å². The van der Waals surface area contributed by atoms with E-state index in [1.165, 1.54) is 19.3 Å². The molecule has 1 aliphatic heterocycles. The molecule has 1 saturated heterocycles. The molecule has 2 fully saturated rings. The van der Waals surface area contributed by atoms with Crippen molar-refractivity contribution in [3.63, 3.8) is 0 Å². The largest absolute Gasteiger partial charge is 0.353 e. The maximum absolute atomic E-state index is 12.1. The predicted molar refractivity (Wildman–Crippen MR) is 69.7 cm³/mol. The van der Waals surface area contributed by atoms with Crippen molar-refractivity contribution < 1.29 is 4.79 Å². The molecule has 0 aromatic heterocycles. The molecule has 1 aliphatic carbocycles. The standard InChI is InChI=1S/C14H26N2O/c1-3-11-6-7-13(10(11)2)16-14(17)12-5-4-8-15-9-12/h10-13,15H,3-9H2,1-2H3,(H,16,17)/t10?,11?,12-,13?/m0/s1. The fourth-order valence-corrected chi connectivity index (χ4v) is 3.40. The Kier molecular flexibility index (Phi) is 4.43. The number of carbonyl (C=O) groups is 1. The van der Waals surface area contributed by atoms with Crippen LogP contribution in [0.3, 0.4) is 0 Å². The fraction of sp³-hybridized carbons (Fsp3) is 0.929. The van der Waals surface area contributed by atoms with Gasteiger partial charge in [-0.05, 0) is 44.1 Å². The van der Waals surface area contributed by atoms with E-state index in [4.69, 9.17) is 0 Å². The smallest absolute Gasteiger partial charge is 0.224 e. The number of hydrogen-bond donors (Lipinski definition) is 2. The highest BCUT2D eigenvalue weighted by atomic mass is 16.2. The van der Waals surface area contributed by atoms with Gasteiger partial charge in [-0.15, -0.1) is 0 Å². The van der Waals surface area contributed by atoms with E-state index in [2.05, 4.69) is 24.5 Å². The maximum Gasteiger partial charge on any atom is 0.224 e. The molecule has 3 heteroatoms. The molecule has 1 heterocycles. The molecular formula is C14H26N2O. The summed E-state index contributed by atoms with van der Waals surface area (Å²) in [5, 5.41) is 6.59. The van der Waals surface area contributed by atoms with Crippen LogP contribution < -0.4 is 10.6 Å². The molecule has 3 unspecified atom stereocenters. The van der Waals surface area contributed by atoms with Crippen molar-refractivity contribution in [1.82, 2.24) is 10.6 Å². The predicted octanol–water partition coefficient (Wildman–Crippen LogP) is 1.93. The summed E-state index contributed by atoms with van der Waals surface area (Å²) in [5.74, 6) is 1.95. The molecular weight excluding hydrogens is 212 g/mol. The second kappa shape index (κ2) is 5.85. The minimum absolute atomic E-state index is 0.205. The first kappa shape index (κ1) is 12.9. The van der Waals surface area contributed by atoms with Crippen molar-refractivity contribution >= 4 is 5.91 Å². The molecule has 1 amide bonds. The first-order chi connectivity index (χ1) is 8.22. The normalized spacial score (nSPS) is 38.0. The minimum Gasteiger partial charge on any atom is -0.353 e. The molecule has 2 aliphatic rings. The summed E-state index contributed by atoms with van der Waals surface area (Å²) in [6.45, 7) is 6.49. The highest BCUT2D eigenvalue weighted by Gasteiger charge is 2.33. The molecule has 0 radical (unpaired) electrons. The van der Waals surface area contributed by atoms with E-state index in [9.17, 15) is 4.79 Å². The average molecular weight is 238 g/mol. The zero-order valence-electron chi connectivity index (χ0n) is 11.2.